The van der Waals surface area contributed by atoms with E-state index in [1.807, 2.05) is 25.1 Å². The number of rotatable bonds is 4. The smallest absolute Gasteiger partial charge is 0.243 e. The van der Waals surface area contributed by atoms with Crippen LogP contribution in [0.3, 0.4) is 0 Å². The number of carbonyl (C=O) groups is 1. The van der Waals surface area contributed by atoms with Crippen LogP contribution in [0.2, 0.25) is 0 Å². The van der Waals surface area contributed by atoms with Crippen molar-refractivity contribution in [2.45, 2.75) is 19.3 Å². The first kappa shape index (κ1) is 14.3. The second kappa shape index (κ2) is 6.02. The highest BCUT2D eigenvalue weighted by atomic mass is 16.3. The lowest BCUT2D eigenvalue weighted by Crippen LogP contribution is -2.21. The number of amides is 1. The lowest BCUT2D eigenvalue weighted by atomic mass is 10.1. The van der Waals surface area contributed by atoms with Crippen LogP contribution in [0.5, 0.6) is 5.75 Å². The maximum Gasteiger partial charge on any atom is 0.243 e. The molecule has 0 saturated heterocycles. The zero-order valence-electron chi connectivity index (χ0n) is 12.4. The van der Waals surface area contributed by atoms with Gasteiger partial charge in [-0.05, 0) is 54.7 Å². The Hall–Kier alpha value is -2.62. The Morgan fingerprint density at radius 3 is 2.50 bits per heavy atom. The van der Waals surface area contributed by atoms with Gasteiger partial charge in [0.25, 0.3) is 0 Å². The molecule has 4 heteroatoms. The van der Waals surface area contributed by atoms with E-state index in [2.05, 4.69) is 22.7 Å². The summed E-state index contributed by atoms with van der Waals surface area (Å²) in [5.74, 6) is 0.500. The third kappa shape index (κ3) is 3.17. The first-order chi connectivity index (χ1) is 10.6. The molecule has 0 aliphatic heterocycles. The Balaban J connectivity index is 1.59. The number of phenolic OH excluding ortho intramolecular Hbond substituents is 1. The molecule has 2 N–H and O–H groups in total. The Labute approximate surface area is 129 Å². The molecule has 0 spiro atoms. The number of hydrazone groups is 1. The largest absolute Gasteiger partial charge is 0.508 e. The van der Waals surface area contributed by atoms with Crippen LogP contribution >= 0.6 is 0 Å². The summed E-state index contributed by atoms with van der Waals surface area (Å²) in [6.07, 6.45) is 0.879. The van der Waals surface area contributed by atoms with E-state index in [0.717, 1.165) is 12.0 Å². The van der Waals surface area contributed by atoms with Gasteiger partial charge in [-0.25, -0.2) is 5.43 Å². The molecule has 4 nitrogen and oxygen atoms in total. The Morgan fingerprint density at radius 1 is 1.14 bits per heavy atom. The van der Waals surface area contributed by atoms with Crippen LogP contribution in [0.15, 0.2) is 59.7 Å². The maximum atomic E-state index is 12.1. The molecule has 2 aromatic rings. The first-order valence-corrected chi connectivity index (χ1v) is 7.33. The summed E-state index contributed by atoms with van der Waals surface area (Å²) in [6.45, 7) is 1.83. The summed E-state index contributed by atoms with van der Waals surface area (Å²) in [5, 5.41) is 13.4. The molecule has 1 amide bonds. The van der Waals surface area contributed by atoms with E-state index in [1.54, 1.807) is 24.3 Å². The van der Waals surface area contributed by atoms with Crippen molar-refractivity contribution >= 4 is 11.6 Å². The van der Waals surface area contributed by atoms with Gasteiger partial charge in [0.05, 0.1) is 5.71 Å². The van der Waals surface area contributed by atoms with Crippen molar-refractivity contribution in [2.75, 3.05) is 0 Å². The van der Waals surface area contributed by atoms with Crippen molar-refractivity contribution in [3.63, 3.8) is 0 Å². The van der Waals surface area contributed by atoms with E-state index in [4.69, 9.17) is 0 Å². The van der Waals surface area contributed by atoms with Crippen molar-refractivity contribution in [1.82, 2.24) is 5.43 Å². The first-order valence-electron chi connectivity index (χ1n) is 7.33. The van der Waals surface area contributed by atoms with Crippen molar-refractivity contribution in [1.29, 1.82) is 0 Å². The molecule has 0 unspecified atom stereocenters. The molecule has 1 aliphatic rings. The fraction of sp³-hybridized carbons (Fsp3) is 0.222. The van der Waals surface area contributed by atoms with Crippen molar-refractivity contribution in [2.24, 2.45) is 11.0 Å². The quantitative estimate of drug-likeness (QED) is 0.672. The molecule has 1 fully saturated rings. The number of hydrogen-bond acceptors (Lipinski definition) is 3. The summed E-state index contributed by atoms with van der Waals surface area (Å²) < 4.78 is 0. The maximum absolute atomic E-state index is 12.1. The van der Waals surface area contributed by atoms with Gasteiger partial charge in [-0.1, -0.05) is 30.3 Å². The second-order valence-corrected chi connectivity index (χ2v) is 5.58. The highest BCUT2D eigenvalue weighted by Gasteiger charge is 2.43. The molecule has 3 rings (SSSR count). The van der Waals surface area contributed by atoms with Gasteiger partial charge in [-0.3, -0.25) is 4.79 Å². The molecule has 0 radical (unpaired) electrons. The van der Waals surface area contributed by atoms with Crippen molar-refractivity contribution < 1.29 is 9.90 Å². The number of phenols is 1. The fourth-order valence-electron chi connectivity index (χ4n) is 2.54. The number of nitrogens with zero attached hydrogens (tertiary/aromatic N) is 1. The van der Waals surface area contributed by atoms with E-state index < -0.39 is 0 Å². The van der Waals surface area contributed by atoms with Gasteiger partial charge in [0, 0.05) is 5.92 Å². The average Bonchev–Trinajstić information content (AvgIpc) is 3.34. The average molecular weight is 294 g/mol. The lowest BCUT2D eigenvalue weighted by molar-refractivity contribution is -0.122. The monoisotopic (exact) mass is 294 g/mol. The van der Waals surface area contributed by atoms with E-state index in [1.165, 1.54) is 5.56 Å². The molecule has 0 heterocycles. The number of aromatic hydroxyl groups is 1. The van der Waals surface area contributed by atoms with Gasteiger partial charge in [-0.2, -0.15) is 5.10 Å². The standard InChI is InChI=1S/C18H18N2O2/c1-12(13-7-9-15(21)10-8-13)19-20-18(22)17-11-16(17)14-5-3-2-4-6-14/h2-10,16-17,21H,11H2,1H3,(H,20,22)/b19-12-/t16-,17+/m0/s1. The van der Waals surface area contributed by atoms with Crippen LogP contribution in [-0.4, -0.2) is 16.7 Å². The number of hydrogen-bond donors (Lipinski definition) is 2. The van der Waals surface area contributed by atoms with E-state index in [0.29, 0.717) is 11.6 Å². The van der Waals surface area contributed by atoms with Crippen LogP contribution in [0.25, 0.3) is 0 Å². The van der Waals surface area contributed by atoms with Crippen LogP contribution < -0.4 is 5.43 Å². The minimum Gasteiger partial charge on any atom is -0.508 e. The second-order valence-electron chi connectivity index (χ2n) is 5.58. The summed E-state index contributed by atoms with van der Waals surface area (Å²) in [5.41, 5.74) is 5.44. The molecule has 2 atom stereocenters. The molecule has 22 heavy (non-hydrogen) atoms. The summed E-state index contributed by atoms with van der Waals surface area (Å²) in [6, 6.07) is 16.8. The molecular formula is C18H18N2O2. The number of benzene rings is 2. The van der Waals surface area contributed by atoms with Gasteiger partial charge in [0.1, 0.15) is 5.75 Å². The third-order valence-corrected chi connectivity index (χ3v) is 3.97. The third-order valence-electron chi connectivity index (χ3n) is 3.97. The Bertz CT molecular complexity index is 693. The van der Waals surface area contributed by atoms with Gasteiger partial charge < -0.3 is 5.11 Å². The summed E-state index contributed by atoms with van der Waals surface area (Å²) in [7, 11) is 0. The van der Waals surface area contributed by atoms with Gasteiger partial charge >= 0.3 is 0 Å². The summed E-state index contributed by atoms with van der Waals surface area (Å²) in [4.78, 5) is 12.1. The molecule has 0 bridgehead atoms. The molecule has 1 saturated carbocycles. The highest BCUT2D eigenvalue weighted by Crippen LogP contribution is 2.47. The predicted molar refractivity (Wildman–Crippen MR) is 85.8 cm³/mol. The van der Waals surface area contributed by atoms with Gasteiger partial charge in [0.2, 0.25) is 5.91 Å². The van der Waals surface area contributed by atoms with Gasteiger partial charge in [0.15, 0.2) is 0 Å². The molecule has 1 aliphatic carbocycles. The molecule has 112 valence electrons. The van der Waals surface area contributed by atoms with Gasteiger partial charge in [-0.15, -0.1) is 0 Å². The lowest BCUT2D eigenvalue weighted by Gasteiger charge is -2.03. The molecular weight excluding hydrogens is 276 g/mol. The number of nitrogens with one attached hydrogen (secondary N) is 1. The molecule has 2 aromatic carbocycles. The Kier molecular flexibility index (Phi) is 3.92. The minimum absolute atomic E-state index is 0.0127. The van der Waals surface area contributed by atoms with E-state index in [-0.39, 0.29) is 17.6 Å². The van der Waals surface area contributed by atoms with Crippen molar-refractivity contribution in [3.8, 4) is 5.75 Å². The zero-order chi connectivity index (χ0) is 15.5. The van der Waals surface area contributed by atoms with Crippen LogP contribution in [0, 0.1) is 5.92 Å². The van der Waals surface area contributed by atoms with Crippen molar-refractivity contribution in [3.05, 3.63) is 65.7 Å². The summed E-state index contributed by atoms with van der Waals surface area (Å²) >= 11 is 0. The zero-order valence-corrected chi connectivity index (χ0v) is 12.4. The highest BCUT2D eigenvalue weighted by molar-refractivity contribution is 5.99. The topological polar surface area (TPSA) is 61.7 Å². The van der Waals surface area contributed by atoms with E-state index >= 15 is 0 Å². The minimum atomic E-state index is -0.0352. The Morgan fingerprint density at radius 2 is 1.82 bits per heavy atom. The van der Waals surface area contributed by atoms with Crippen LogP contribution in [0.4, 0.5) is 0 Å². The number of carbonyl (C=O) groups excluding carboxylic acids is 1. The van der Waals surface area contributed by atoms with Crippen LogP contribution in [0.1, 0.15) is 30.4 Å². The van der Waals surface area contributed by atoms with Crippen LogP contribution in [-0.2, 0) is 4.79 Å². The molecule has 0 aromatic heterocycles. The normalized spacial score (nSPS) is 20.5. The SMILES string of the molecule is C/C(=N/NC(=O)[C@@H]1C[C@H]1c1ccccc1)c1ccc(O)cc1. The fourth-order valence-corrected chi connectivity index (χ4v) is 2.54. The predicted octanol–water partition coefficient (Wildman–Crippen LogP) is 3.04. The van der Waals surface area contributed by atoms with E-state index in [9.17, 15) is 9.90 Å².